The van der Waals surface area contributed by atoms with Crippen LogP contribution < -0.4 is 5.32 Å². The van der Waals surface area contributed by atoms with E-state index in [1.807, 2.05) is 6.07 Å². The van der Waals surface area contributed by atoms with Crippen LogP contribution in [-0.2, 0) is 111 Å². The largest absolute Gasteiger partial charge is 0.368 e. The summed E-state index contributed by atoms with van der Waals surface area (Å²) in [5.74, 6) is -0.174. The summed E-state index contributed by atoms with van der Waals surface area (Å²) >= 11 is 0. The normalized spacial score (nSPS) is 28.3. The molecule has 16 aromatic rings. The molecule has 5 spiro atoms. The Bertz CT molecular complexity index is 6870. The van der Waals surface area contributed by atoms with E-state index in [-0.39, 0.29) is 79.8 Å². The van der Waals surface area contributed by atoms with E-state index >= 15 is 0 Å². The van der Waals surface area contributed by atoms with Crippen LogP contribution in [0.1, 0.15) is 244 Å². The zero-order valence-corrected chi connectivity index (χ0v) is 88.6. The minimum atomic E-state index is -0.309. The fourth-order valence-electron chi connectivity index (χ4n) is 29.3. The minimum Gasteiger partial charge on any atom is -0.368 e. The van der Waals surface area contributed by atoms with Gasteiger partial charge in [-0.05, 0) is 362 Å². The van der Waals surface area contributed by atoms with Gasteiger partial charge in [-0.3, -0.25) is 19.6 Å². The molecule has 758 valence electrons. The summed E-state index contributed by atoms with van der Waals surface area (Å²) in [7, 11) is 19.9. The first-order chi connectivity index (χ1) is 70.7. The number of benzene rings is 11. The standard InChI is InChI=1S/C30H32N2O.2C26H32N2O.C25H29FN2O.C23H26N2O/c1-31(2)29(23-11-5-3-6-12-23)18-20-30(21-19-29)28-26(17-22-33-30)25-15-9-10-16-27(25)32(28)24-13-7-4-8-14-24;2*1-18-10-11-23-21(16-18)22-17-19(2)29-26(24(22)27-23)14-12-25(13-15-26,28(3)4)20-8-6-5-7-9-20;1-17-15-21-20-16-19(26)9-10-22(20)27-23(21)25(29-17)13-11-24(12-14-25,28(2)3)18-7-5-4-6-8-18;1-24-22(17-7-3-2-4-8-17)12-14-23(15-13-22)21-19(11-16-26-23)18-9-5-6-10-20(18)25-21/h3-16H,17-22H2,1-2H3;2*5-11,16,19,27H,12-15,17H2,1-4H3;4-10,16-17,27H,11-15H2,1-3H3;2-10,24-25H,11-16H2,1H3. The molecule has 3 atom stereocenters. The molecule has 10 aliphatic rings. The van der Waals surface area contributed by atoms with E-state index in [4.69, 9.17) is 23.7 Å². The third-order valence-corrected chi connectivity index (χ3v) is 37.2. The average molecular weight is 1950 g/mol. The number of nitrogens with zero attached hydrogens (tertiary/aromatic N) is 5. The van der Waals surface area contributed by atoms with Crippen molar-refractivity contribution in [2.75, 3.05) is 76.6 Å². The molecule has 16 heteroatoms. The molecule has 5 aromatic heterocycles. The first-order valence-electron chi connectivity index (χ1n) is 54.5. The van der Waals surface area contributed by atoms with Gasteiger partial charge in [-0.15, -0.1) is 0 Å². The van der Waals surface area contributed by atoms with Gasteiger partial charge in [0.25, 0.3) is 0 Å². The third-order valence-electron chi connectivity index (χ3n) is 37.2. The highest BCUT2D eigenvalue weighted by Crippen LogP contribution is 2.61. The van der Waals surface area contributed by atoms with E-state index in [0.717, 1.165) is 185 Å². The van der Waals surface area contributed by atoms with Gasteiger partial charge in [-0.1, -0.05) is 230 Å². The fraction of sp³-hybridized carbons (Fsp3) is 0.415. The first kappa shape index (κ1) is 99.3. The van der Waals surface area contributed by atoms with E-state index in [9.17, 15) is 4.39 Å². The Labute approximate surface area is 864 Å². The lowest BCUT2D eigenvalue weighted by Gasteiger charge is -2.51. The summed E-state index contributed by atoms with van der Waals surface area (Å²) in [5, 5.41) is 10.2. The molecule has 26 rings (SSSR count). The van der Waals surface area contributed by atoms with E-state index in [0.29, 0.717) is 0 Å². The molecule has 0 saturated heterocycles. The van der Waals surface area contributed by atoms with Crippen LogP contribution >= 0.6 is 0 Å². The van der Waals surface area contributed by atoms with Crippen molar-refractivity contribution in [2.45, 2.75) is 269 Å². The zero-order valence-electron chi connectivity index (χ0n) is 88.6. The second-order valence-electron chi connectivity index (χ2n) is 45.7. The van der Waals surface area contributed by atoms with Gasteiger partial charge in [0.1, 0.15) is 33.8 Å². The molecule has 5 saturated carbocycles. The minimum absolute atomic E-state index is 0.0227. The number of H-pyrrole nitrogens is 4. The maximum Gasteiger partial charge on any atom is 0.123 e. The number of aryl methyl sites for hydroxylation is 2. The molecule has 15 nitrogen and oxygen atoms in total. The quantitative estimate of drug-likeness (QED) is 0.0851. The molecule has 0 bridgehead atoms. The zero-order chi connectivity index (χ0) is 101. The van der Waals surface area contributed by atoms with Gasteiger partial charge in [0.15, 0.2) is 0 Å². The number of hydrogen-bond acceptors (Lipinski definition) is 10. The van der Waals surface area contributed by atoms with Gasteiger partial charge in [-0.25, -0.2) is 4.39 Å². The second kappa shape index (κ2) is 39.6. The summed E-state index contributed by atoms with van der Waals surface area (Å²) in [6.45, 7) is 12.6. The summed E-state index contributed by atoms with van der Waals surface area (Å²) in [6, 6.07) is 102. The number of para-hydroxylation sites is 3. The fourth-order valence-corrected chi connectivity index (χ4v) is 29.3. The SMILES string of the molecule is CC1Cc2c([nH]c3ccc(F)cc23)C2(CCC(c3ccccc3)(N(C)C)CC2)O1.CN(C)C1(c2ccccc2)CCC2(CC1)OCCc1c2n(-c2ccccc2)c2ccccc12.CNC1(c2ccccc2)CCC2(CC1)OCCc1c2[nH]c2ccccc12.Cc1ccc2[nH]c3c(c2c1)CC(C)OC31CCC(c2ccccc2)(N(C)C)CC1.Cc1ccc2[nH]c3c(c2c1)CC(C)OC31CCC(c2ccccc2)(N(C)C)CC1. The average Bonchev–Trinajstić information content (AvgIpc) is 1.57. The van der Waals surface area contributed by atoms with Gasteiger partial charge in [0, 0.05) is 102 Å². The smallest absolute Gasteiger partial charge is 0.123 e. The molecule has 5 fully saturated rings. The molecular weight excluding hydrogens is 1800 g/mol. The molecule has 5 N–H and O–H groups in total. The van der Waals surface area contributed by atoms with Crippen LogP contribution in [0.5, 0.6) is 0 Å². The third kappa shape index (κ3) is 17.4. The van der Waals surface area contributed by atoms with E-state index in [1.165, 1.54) is 151 Å². The van der Waals surface area contributed by atoms with Crippen LogP contribution in [0.25, 0.3) is 60.2 Å². The summed E-state index contributed by atoms with van der Waals surface area (Å²) in [5.41, 5.74) is 30.0. The van der Waals surface area contributed by atoms with Gasteiger partial charge < -0.3 is 53.5 Å². The number of ether oxygens (including phenoxy) is 5. The van der Waals surface area contributed by atoms with Gasteiger partial charge in [0.2, 0.25) is 0 Å². The van der Waals surface area contributed by atoms with Gasteiger partial charge in [-0.2, -0.15) is 0 Å². The number of aromatic nitrogens is 5. The summed E-state index contributed by atoms with van der Waals surface area (Å²) in [4.78, 5) is 24.6. The van der Waals surface area contributed by atoms with Crippen molar-refractivity contribution < 1.29 is 28.1 Å². The molecule has 10 heterocycles. The van der Waals surface area contributed by atoms with E-state index < -0.39 is 0 Å². The van der Waals surface area contributed by atoms with Crippen molar-refractivity contribution in [1.29, 1.82) is 0 Å². The molecule has 146 heavy (non-hydrogen) atoms. The predicted molar refractivity (Wildman–Crippen MR) is 593 cm³/mol. The Morgan fingerprint density at radius 3 is 1.00 bits per heavy atom. The highest BCUT2D eigenvalue weighted by atomic mass is 19.1. The predicted octanol–water partition coefficient (Wildman–Crippen LogP) is 27.9. The number of rotatable bonds is 11. The number of fused-ring (bicyclic) bond motifs is 20. The van der Waals surface area contributed by atoms with Crippen LogP contribution in [0, 0.1) is 19.7 Å². The van der Waals surface area contributed by atoms with E-state index in [2.05, 4.69) is 414 Å². The number of hydrogen-bond donors (Lipinski definition) is 5. The Hall–Kier alpha value is -11.4. The number of aromatic amines is 4. The first-order valence-corrected chi connectivity index (χ1v) is 54.5. The summed E-state index contributed by atoms with van der Waals surface area (Å²) in [6.07, 6.45) is 26.5. The van der Waals surface area contributed by atoms with E-state index in [1.54, 1.807) is 6.07 Å². The van der Waals surface area contributed by atoms with Crippen molar-refractivity contribution in [3.63, 3.8) is 0 Å². The molecule has 5 aliphatic carbocycles. The topological polar surface area (TPSA) is 139 Å². The molecule has 5 aliphatic heterocycles. The lowest BCUT2D eigenvalue weighted by molar-refractivity contribution is -0.145. The monoisotopic (exact) mass is 1950 g/mol. The maximum absolute atomic E-state index is 13.9. The Morgan fingerprint density at radius 2 is 0.610 bits per heavy atom. The van der Waals surface area contributed by atoms with Gasteiger partial charge >= 0.3 is 0 Å². The van der Waals surface area contributed by atoms with Crippen molar-refractivity contribution in [1.82, 2.24) is 49.4 Å². The molecule has 11 aromatic carbocycles. The lowest BCUT2D eigenvalue weighted by Crippen LogP contribution is -2.51. The Kier molecular flexibility index (Phi) is 26.9. The molecule has 0 radical (unpaired) electrons. The highest BCUT2D eigenvalue weighted by molar-refractivity contribution is 5.90. The maximum atomic E-state index is 13.9. The lowest BCUT2D eigenvalue weighted by atomic mass is 9.67. The highest BCUT2D eigenvalue weighted by Gasteiger charge is 2.57. The molecular formula is C130H151FN10O5. The van der Waals surface area contributed by atoms with Crippen LogP contribution in [0.3, 0.4) is 0 Å². The van der Waals surface area contributed by atoms with Crippen molar-refractivity contribution in [3.05, 3.63) is 386 Å². The second-order valence-corrected chi connectivity index (χ2v) is 45.7. The van der Waals surface area contributed by atoms with Crippen LogP contribution in [0.2, 0.25) is 0 Å². The Balaban J connectivity index is 0.000000104. The van der Waals surface area contributed by atoms with Crippen molar-refractivity contribution >= 4 is 54.5 Å². The molecule has 0 amide bonds. The Morgan fingerprint density at radius 1 is 0.301 bits per heavy atom. The van der Waals surface area contributed by atoms with Crippen LogP contribution in [-0.4, -0.2) is 139 Å². The number of nitrogens with one attached hydrogen (secondary N) is 5. The van der Waals surface area contributed by atoms with Crippen LogP contribution in [0.15, 0.2) is 285 Å². The van der Waals surface area contributed by atoms with Crippen molar-refractivity contribution in [3.8, 4) is 5.69 Å². The summed E-state index contributed by atoms with van der Waals surface area (Å²) < 4.78 is 49.9. The van der Waals surface area contributed by atoms with Gasteiger partial charge in [0.05, 0.1) is 65.5 Å². The van der Waals surface area contributed by atoms with Crippen molar-refractivity contribution in [2.24, 2.45) is 0 Å². The van der Waals surface area contributed by atoms with Crippen LogP contribution in [0.4, 0.5) is 4.39 Å². The molecule has 3 unspecified atom stereocenters. The number of halogens is 1.